The van der Waals surface area contributed by atoms with Crippen LogP contribution in [0.3, 0.4) is 0 Å². The fourth-order valence-electron chi connectivity index (χ4n) is 2.47. The smallest absolute Gasteiger partial charge is 0.363 e. The topological polar surface area (TPSA) is 47.9 Å². The second-order valence-corrected chi connectivity index (χ2v) is 5.83. The van der Waals surface area contributed by atoms with Gasteiger partial charge in [-0.15, -0.1) is 0 Å². The molecule has 128 valence electrons. The molecule has 0 spiro atoms. The number of hydrogen-bond donors (Lipinski definition) is 0. The van der Waals surface area contributed by atoms with Crippen molar-refractivity contribution in [2.24, 2.45) is 4.99 Å². The lowest BCUT2D eigenvalue weighted by Crippen LogP contribution is -2.04. The van der Waals surface area contributed by atoms with Crippen LogP contribution in [0, 0.1) is 0 Å². The number of esters is 1. The molecule has 0 aliphatic carbocycles. The van der Waals surface area contributed by atoms with Crippen LogP contribution in [0.2, 0.25) is 0 Å². The molecule has 2 aromatic rings. The van der Waals surface area contributed by atoms with E-state index in [0.717, 1.165) is 29.9 Å². The van der Waals surface area contributed by atoms with E-state index in [-0.39, 0.29) is 0 Å². The lowest BCUT2D eigenvalue weighted by molar-refractivity contribution is -0.129. The highest BCUT2D eigenvalue weighted by molar-refractivity contribution is 6.12. The minimum atomic E-state index is -0.432. The van der Waals surface area contributed by atoms with E-state index in [0.29, 0.717) is 11.6 Å². The standard InChI is InChI=1S/C21H21NO3/c1-2-3-7-14-24-18-12-10-16(11-13-18)15-19-21(23)25-20(22-19)17-8-5-4-6-9-17/h4-6,8-13,15H,2-3,7,14H2,1H3/b19-15+. The van der Waals surface area contributed by atoms with E-state index in [1.165, 1.54) is 12.8 Å². The number of ether oxygens (including phenoxy) is 2. The predicted molar refractivity (Wildman–Crippen MR) is 98.5 cm³/mol. The largest absolute Gasteiger partial charge is 0.494 e. The predicted octanol–water partition coefficient (Wildman–Crippen LogP) is 4.60. The number of nitrogens with zero attached hydrogens (tertiary/aromatic N) is 1. The summed E-state index contributed by atoms with van der Waals surface area (Å²) in [5.74, 6) is 0.743. The Morgan fingerprint density at radius 2 is 1.80 bits per heavy atom. The van der Waals surface area contributed by atoms with Crippen LogP contribution in [-0.2, 0) is 9.53 Å². The third-order valence-electron chi connectivity index (χ3n) is 3.84. The van der Waals surface area contributed by atoms with E-state index in [1.807, 2.05) is 54.6 Å². The molecule has 0 bridgehead atoms. The molecule has 0 fully saturated rings. The molecule has 1 aliphatic rings. The zero-order valence-corrected chi connectivity index (χ0v) is 14.3. The number of rotatable bonds is 7. The van der Waals surface area contributed by atoms with Crippen molar-refractivity contribution in [1.82, 2.24) is 0 Å². The quantitative estimate of drug-likeness (QED) is 0.422. The molecule has 0 saturated heterocycles. The van der Waals surface area contributed by atoms with E-state index in [4.69, 9.17) is 9.47 Å². The molecule has 2 aromatic carbocycles. The van der Waals surface area contributed by atoms with Crippen molar-refractivity contribution < 1.29 is 14.3 Å². The molecule has 0 atom stereocenters. The number of carbonyl (C=O) groups is 1. The van der Waals surface area contributed by atoms with Crippen LogP contribution in [-0.4, -0.2) is 18.5 Å². The van der Waals surface area contributed by atoms with Gasteiger partial charge >= 0.3 is 5.97 Å². The zero-order valence-electron chi connectivity index (χ0n) is 14.3. The van der Waals surface area contributed by atoms with Crippen molar-refractivity contribution in [3.8, 4) is 5.75 Å². The Morgan fingerprint density at radius 3 is 2.52 bits per heavy atom. The summed E-state index contributed by atoms with van der Waals surface area (Å²) in [6.45, 7) is 2.90. The minimum absolute atomic E-state index is 0.301. The molecule has 1 heterocycles. The van der Waals surface area contributed by atoms with Crippen LogP contribution < -0.4 is 4.74 Å². The molecule has 0 aromatic heterocycles. The number of aliphatic imine (C=N–C) groups is 1. The molecule has 0 saturated carbocycles. The molecular formula is C21H21NO3. The minimum Gasteiger partial charge on any atom is -0.494 e. The maximum absolute atomic E-state index is 12.0. The molecule has 25 heavy (non-hydrogen) atoms. The SMILES string of the molecule is CCCCCOc1ccc(/C=C2/N=C(c3ccccc3)OC2=O)cc1. The van der Waals surface area contributed by atoms with Gasteiger partial charge in [-0.1, -0.05) is 50.1 Å². The fraction of sp³-hybridized carbons (Fsp3) is 0.238. The molecule has 3 rings (SSSR count). The van der Waals surface area contributed by atoms with Gasteiger partial charge < -0.3 is 9.47 Å². The van der Waals surface area contributed by atoms with Crippen molar-refractivity contribution in [3.63, 3.8) is 0 Å². The van der Waals surface area contributed by atoms with Crippen LogP contribution in [0.5, 0.6) is 5.75 Å². The summed E-state index contributed by atoms with van der Waals surface area (Å²) in [7, 11) is 0. The highest BCUT2D eigenvalue weighted by atomic mass is 16.6. The lowest BCUT2D eigenvalue weighted by Gasteiger charge is -2.05. The van der Waals surface area contributed by atoms with E-state index in [2.05, 4.69) is 11.9 Å². The number of carbonyl (C=O) groups excluding carboxylic acids is 1. The van der Waals surface area contributed by atoms with Crippen molar-refractivity contribution in [1.29, 1.82) is 0 Å². The first kappa shape index (κ1) is 17.0. The van der Waals surface area contributed by atoms with Gasteiger partial charge in [0.2, 0.25) is 5.90 Å². The van der Waals surface area contributed by atoms with Crippen molar-refractivity contribution >= 4 is 17.9 Å². The molecule has 4 nitrogen and oxygen atoms in total. The van der Waals surface area contributed by atoms with E-state index >= 15 is 0 Å². The van der Waals surface area contributed by atoms with Gasteiger partial charge in [0.25, 0.3) is 0 Å². The fourth-order valence-corrected chi connectivity index (χ4v) is 2.47. The molecule has 1 aliphatic heterocycles. The summed E-state index contributed by atoms with van der Waals surface area (Å²) in [4.78, 5) is 16.3. The summed E-state index contributed by atoms with van der Waals surface area (Å²) >= 11 is 0. The first-order valence-corrected chi connectivity index (χ1v) is 8.57. The first-order valence-electron chi connectivity index (χ1n) is 8.57. The highest BCUT2D eigenvalue weighted by Gasteiger charge is 2.23. The molecule has 0 unspecified atom stereocenters. The Labute approximate surface area is 147 Å². The lowest BCUT2D eigenvalue weighted by atomic mass is 10.2. The first-order chi connectivity index (χ1) is 12.3. The maximum Gasteiger partial charge on any atom is 0.363 e. The number of unbranched alkanes of at least 4 members (excludes halogenated alkanes) is 2. The summed E-state index contributed by atoms with van der Waals surface area (Å²) in [6.07, 6.45) is 5.13. The van der Waals surface area contributed by atoms with Crippen LogP contribution in [0.1, 0.15) is 37.3 Å². The van der Waals surface area contributed by atoms with Gasteiger partial charge in [0.05, 0.1) is 6.61 Å². The van der Waals surface area contributed by atoms with Gasteiger partial charge in [-0.3, -0.25) is 0 Å². The average molecular weight is 335 g/mol. The summed E-state index contributed by atoms with van der Waals surface area (Å²) in [5.41, 5.74) is 1.97. The third-order valence-corrected chi connectivity index (χ3v) is 3.84. The maximum atomic E-state index is 12.0. The second kappa shape index (κ2) is 8.29. The van der Waals surface area contributed by atoms with Crippen LogP contribution in [0.15, 0.2) is 65.3 Å². The van der Waals surface area contributed by atoms with Crippen molar-refractivity contribution in [2.45, 2.75) is 26.2 Å². The van der Waals surface area contributed by atoms with E-state index in [1.54, 1.807) is 6.08 Å². The van der Waals surface area contributed by atoms with Gasteiger partial charge in [0.1, 0.15) is 5.75 Å². The molecular weight excluding hydrogens is 314 g/mol. The average Bonchev–Trinajstić information content (AvgIpc) is 3.01. The van der Waals surface area contributed by atoms with Crippen LogP contribution in [0.25, 0.3) is 6.08 Å². The third kappa shape index (κ3) is 4.57. The van der Waals surface area contributed by atoms with Gasteiger partial charge in [0, 0.05) is 5.56 Å². The Kier molecular flexibility index (Phi) is 5.62. The Morgan fingerprint density at radius 1 is 1.04 bits per heavy atom. The van der Waals surface area contributed by atoms with Gasteiger partial charge in [-0.25, -0.2) is 9.79 Å². The van der Waals surface area contributed by atoms with Crippen molar-refractivity contribution in [3.05, 3.63) is 71.4 Å². The van der Waals surface area contributed by atoms with Gasteiger partial charge in [0.15, 0.2) is 5.70 Å². The van der Waals surface area contributed by atoms with Gasteiger partial charge in [-0.05, 0) is 42.3 Å². The molecule has 4 heteroatoms. The molecule has 0 radical (unpaired) electrons. The van der Waals surface area contributed by atoms with Gasteiger partial charge in [-0.2, -0.15) is 0 Å². The Bertz CT molecular complexity index is 777. The molecule has 0 N–H and O–H groups in total. The van der Waals surface area contributed by atoms with E-state index < -0.39 is 5.97 Å². The van der Waals surface area contributed by atoms with Crippen molar-refractivity contribution in [2.75, 3.05) is 6.61 Å². The van der Waals surface area contributed by atoms with Crippen LogP contribution >= 0.6 is 0 Å². The summed E-state index contributed by atoms with van der Waals surface area (Å²) in [5, 5.41) is 0. The normalized spacial score (nSPS) is 15.2. The van der Waals surface area contributed by atoms with E-state index in [9.17, 15) is 4.79 Å². The summed E-state index contributed by atoms with van der Waals surface area (Å²) in [6, 6.07) is 17.0. The Hall–Kier alpha value is -2.88. The number of benzene rings is 2. The summed E-state index contributed by atoms with van der Waals surface area (Å²) < 4.78 is 10.9. The zero-order chi connectivity index (χ0) is 17.5. The number of hydrogen-bond acceptors (Lipinski definition) is 4. The van der Waals surface area contributed by atoms with Crippen LogP contribution in [0.4, 0.5) is 0 Å². The monoisotopic (exact) mass is 335 g/mol. The number of cyclic esters (lactones) is 1. The Balaban J connectivity index is 1.68. The second-order valence-electron chi connectivity index (χ2n) is 5.83. The molecule has 0 amide bonds. The highest BCUT2D eigenvalue weighted by Crippen LogP contribution is 2.20.